The number of rotatable bonds is 5. The molecule has 0 saturated carbocycles. The Morgan fingerprint density at radius 1 is 1.38 bits per heavy atom. The summed E-state index contributed by atoms with van der Waals surface area (Å²) in [6, 6.07) is 7.49. The van der Waals surface area contributed by atoms with Crippen molar-refractivity contribution in [1.82, 2.24) is 4.90 Å². The lowest BCUT2D eigenvalue weighted by atomic mass is 10.2. The maximum atomic E-state index is 12.3. The van der Waals surface area contributed by atoms with Crippen LogP contribution in [0.15, 0.2) is 29.2 Å². The fourth-order valence-corrected chi connectivity index (χ4v) is 4.26. The molecule has 4 nitrogen and oxygen atoms in total. The summed E-state index contributed by atoms with van der Waals surface area (Å²) in [5.41, 5.74) is 1.21. The van der Waals surface area contributed by atoms with Crippen molar-refractivity contribution in [3.05, 3.63) is 29.8 Å². The monoisotopic (exact) mass is 325 g/mol. The van der Waals surface area contributed by atoms with Gasteiger partial charge >= 0.3 is 5.97 Å². The number of aliphatic carboxylic acids is 1. The van der Waals surface area contributed by atoms with Gasteiger partial charge in [-0.3, -0.25) is 4.79 Å². The average molecular weight is 325 g/mol. The first-order valence-corrected chi connectivity index (χ1v) is 8.87. The Morgan fingerprint density at radius 2 is 2.05 bits per heavy atom. The predicted molar refractivity (Wildman–Crippen MR) is 86.7 cm³/mol. The molecule has 0 radical (unpaired) electrons. The molecule has 1 saturated heterocycles. The van der Waals surface area contributed by atoms with Gasteiger partial charge in [-0.2, -0.15) is 0 Å². The molecule has 1 fully saturated rings. The molecule has 1 aromatic rings. The molecule has 1 N–H and O–H groups in total. The second kappa shape index (κ2) is 7.22. The molecule has 0 bridgehead atoms. The zero-order chi connectivity index (χ0) is 15.4. The largest absolute Gasteiger partial charge is 0.480 e. The minimum Gasteiger partial charge on any atom is -0.480 e. The van der Waals surface area contributed by atoms with Gasteiger partial charge in [0.05, 0.1) is 5.37 Å². The minimum absolute atomic E-state index is 0.0528. The van der Waals surface area contributed by atoms with Crippen LogP contribution in [0.5, 0.6) is 0 Å². The van der Waals surface area contributed by atoms with Gasteiger partial charge in [0.1, 0.15) is 6.04 Å². The molecule has 1 aliphatic heterocycles. The molecule has 2 unspecified atom stereocenters. The number of thioether (sulfide) groups is 2. The maximum absolute atomic E-state index is 12.3. The van der Waals surface area contributed by atoms with Crippen LogP contribution < -0.4 is 0 Å². The third kappa shape index (κ3) is 4.17. The number of carboxylic acids is 1. The molecule has 0 spiro atoms. The quantitative estimate of drug-likeness (QED) is 0.844. The van der Waals surface area contributed by atoms with E-state index in [1.807, 2.05) is 38.1 Å². The van der Waals surface area contributed by atoms with Crippen LogP contribution in [0.3, 0.4) is 0 Å². The number of hydrogen-bond donors (Lipinski definition) is 1. The predicted octanol–water partition coefficient (Wildman–Crippen LogP) is 2.85. The average Bonchev–Trinajstić information content (AvgIpc) is 2.83. The molecule has 2 atom stereocenters. The zero-order valence-corrected chi connectivity index (χ0v) is 13.7. The van der Waals surface area contributed by atoms with E-state index in [2.05, 4.69) is 0 Å². The lowest BCUT2D eigenvalue weighted by Gasteiger charge is -2.24. The highest BCUT2D eigenvalue weighted by Gasteiger charge is 2.38. The number of benzene rings is 1. The Labute approximate surface area is 133 Å². The number of carboxylic acid groups (broad SMARTS) is 1. The first kappa shape index (κ1) is 16.2. The van der Waals surface area contributed by atoms with Crippen LogP contribution in [0.25, 0.3) is 0 Å². The molecule has 1 aliphatic rings. The highest BCUT2D eigenvalue weighted by molar-refractivity contribution is 8.00. The van der Waals surface area contributed by atoms with E-state index in [-0.39, 0.29) is 11.3 Å². The van der Waals surface area contributed by atoms with Gasteiger partial charge in [-0.15, -0.1) is 23.5 Å². The van der Waals surface area contributed by atoms with E-state index in [4.69, 9.17) is 5.11 Å². The number of amides is 1. The van der Waals surface area contributed by atoms with Gasteiger partial charge in [0.15, 0.2) is 0 Å². The highest BCUT2D eigenvalue weighted by atomic mass is 32.2. The lowest BCUT2D eigenvalue weighted by molar-refractivity contribution is -0.148. The number of hydrogen-bond acceptors (Lipinski definition) is 4. The molecule has 6 heteroatoms. The Hall–Kier alpha value is -1.14. The lowest BCUT2D eigenvalue weighted by Crippen LogP contribution is -2.44. The van der Waals surface area contributed by atoms with Crippen molar-refractivity contribution in [3.63, 3.8) is 0 Å². The van der Waals surface area contributed by atoms with Gasteiger partial charge in [0.25, 0.3) is 0 Å². The van der Waals surface area contributed by atoms with Gasteiger partial charge in [0, 0.05) is 22.8 Å². The van der Waals surface area contributed by atoms with E-state index in [0.29, 0.717) is 17.9 Å². The van der Waals surface area contributed by atoms with Crippen molar-refractivity contribution in [2.24, 2.45) is 0 Å². The molecule has 21 heavy (non-hydrogen) atoms. The van der Waals surface area contributed by atoms with Crippen LogP contribution in [0.1, 0.15) is 18.9 Å². The van der Waals surface area contributed by atoms with Crippen LogP contribution in [0.4, 0.5) is 0 Å². The number of nitrogens with zero attached hydrogens (tertiary/aromatic N) is 1. The number of carbonyl (C=O) groups excluding carboxylic acids is 1. The SMILES string of the molecule is Cc1ccc(SCCC(=O)N2C(C)SCC2C(=O)O)cc1. The second-order valence-electron chi connectivity index (χ2n) is 5.00. The third-order valence-corrected chi connectivity index (χ3v) is 5.63. The molecular weight excluding hydrogens is 306 g/mol. The first-order valence-electron chi connectivity index (χ1n) is 6.84. The van der Waals surface area contributed by atoms with E-state index in [0.717, 1.165) is 4.90 Å². The van der Waals surface area contributed by atoms with Crippen molar-refractivity contribution in [3.8, 4) is 0 Å². The summed E-state index contributed by atoms with van der Waals surface area (Å²) in [5.74, 6) is 0.168. The fraction of sp³-hybridized carbons (Fsp3) is 0.467. The molecule has 1 aromatic carbocycles. The topological polar surface area (TPSA) is 57.6 Å². The summed E-state index contributed by atoms with van der Waals surface area (Å²) in [5, 5.41) is 9.11. The van der Waals surface area contributed by atoms with Crippen LogP contribution in [-0.2, 0) is 9.59 Å². The summed E-state index contributed by atoms with van der Waals surface area (Å²) < 4.78 is 0. The number of aryl methyl sites for hydroxylation is 1. The van der Waals surface area contributed by atoms with Gasteiger partial charge in [-0.25, -0.2) is 4.79 Å². The van der Waals surface area contributed by atoms with E-state index in [1.54, 1.807) is 11.8 Å². The summed E-state index contributed by atoms with van der Waals surface area (Å²) in [6.07, 6.45) is 0.368. The Balaban J connectivity index is 1.86. The van der Waals surface area contributed by atoms with Crippen molar-refractivity contribution in [2.75, 3.05) is 11.5 Å². The van der Waals surface area contributed by atoms with Crippen molar-refractivity contribution in [2.45, 2.75) is 36.6 Å². The van der Waals surface area contributed by atoms with Gasteiger partial charge in [-0.1, -0.05) is 17.7 Å². The zero-order valence-electron chi connectivity index (χ0n) is 12.1. The van der Waals surface area contributed by atoms with Crippen molar-refractivity contribution < 1.29 is 14.7 Å². The summed E-state index contributed by atoms with van der Waals surface area (Å²) in [4.78, 5) is 26.1. The van der Waals surface area contributed by atoms with Gasteiger partial charge < -0.3 is 10.0 Å². The molecular formula is C15H19NO3S2. The van der Waals surface area contributed by atoms with E-state index >= 15 is 0 Å². The molecule has 1 amide bonds. The molecule has 2 rings (SSSR count). The second-order valence-corrected chi connectivity index (χ2v) is 7.52. The Bertz CT molecular complexity index is 518. The van der Waals surface area contributed by atoms with Crippen LogP contribution >= 0.6 is 23.5 Å². The van der Waals surface area contributed by atoms with Crippen LogP contribution in [0.2, 0.25) is 0 Å². The summed E-state index contributed by atoms with van der Waals surface area (Å²) in [6.45, 7) is 3.93. The van der Waals surface area contributed by atoms with Crippen LogP contribution in [0, 0.1) is 6.92 Å². The van der Waals surface area contributed by atoms with E-state index < -0.39 is 12.0 Å². The smallest absolute Gasteiger partial charge is 0.327 e. The van der Waals surface area contributed by atoms with Gasteiger partial charge in [0.2, 0.25) is 5.91 Å². The summed E-state index contributed by atoms with van der Waals surface area (Å²) >= 11 is 3.14. The normalized spacial score (nSPS) is 21.5. The fourth-order valence-electron chi connectivity index (χ4n) is 2.23. The standard InChI is InChI=1S/C15H19NO3S2/c1-10-3-5-12(6-4-10)20-8-7-14(17)16-11(2)21-9-13(16)15(18)19/h3-6,11,13H,7-9H2,1-2H3,(H,18,19). The minimum atomic E-state index is -0.911. The first-order chi connectivity index (χ1) is 9.99. The van der Waals surface area contributed by atoms with Crippen molar-refractivity contribution in [1.29, 1.82) is 0 Å². The molecule has 1 heterocycles. The Kier molecular flexibility index (Phi) is 5.58. The van der Waals surface area contributed by atoms with E-state index in [1.165, 1.54) is 22.2 Å². The maximum Gasteiger partial charge on any atom is 0.327 e. The summed E-state index contributed by atoms with van der Waals surface area (Å²) in [7, 11) is 0. The highest BCUT2D eigenvalue weighted by Crippen LogP contribution is 2.30. The molecule has 0 aromatic heterocycles. The molecule has 114 valence electrons. The molecule has 0 aliphatic carbocycles. The van der Waals surface area contributed by atoms with E-state index in [9.17, 15) is 9.59 Å². The number of carbonyl (C=O) groups is 2. The van der Waals surface area contributed by atoms with Gasteiger partial charge in [-0.05, 0) is 26.0 Å². The Morgan fingerprint density at radius 3 is 2.67 bits per heavy atom. The van der Waals surface area contributed by atoms with Crippen molar-refractivity contribution >= 4 is 35.4 Å². The van der Waals surface area contributed by atoms with Crippen LogP contribution in [-0.4, -0.2) is 44.8 Å². The third-order valence-electron chi connectivity index (χ3n) is 3.40.